The van der Waals surface area contributed by atoms with E-state index in [-0.39, 0.29) is 12.5 Å². The second kappa shape index (κ2) is 6.84. The number of pyridine rings is 1. The van der Waals surface area contributed by atoms with E-state index in [1.165, 1.54) is 12.3 Å². The Kier molecular flexibility index (Phi) is 5.44. The first-order valence-corrected chi connectivity index (χ1v) is 6.12. The molecular weight excluding hydrogens is 246 g/mol. The molecule has 0 aliphatic rings. The summed E-state index contributed by atoms with van der Waals surface area (Å²) in [6.07, 6.45) is 1.87. The Balaban J connectivity index is 2.78. The molecule has 1 aromatic rings. The Morgan fingerprint density at radius 1 is 1.47 bits per heavy atom. The fraction of sp³-hybridized carbons (Fsp3) is 0.462. The third-order valence-corrected chi connectivity index (χ3v) is 2.60. The molecule has 0 fully saturated rings. The number of aliphatic carboxylic acids is 1. The van der Waals surface area contributed by atoms with Gasteiger partial charge in [-0.1, -0.05) is 13.8 Å². The number of carbonyl (C=O) groups excluding carboxylic acids is 1. The molecule has 0 bridgehead atoms. The molecule has 0 aliphatic heterocycles. The van der Waals surface area contributed by atoms with Crippen LogP contribution in [-0.4, -0.2) is 28.0 Å². The van der Waals surface area contributed by atoms with Gasteiger partial charge < -0.3 is 16.2 Å². The highest BCUT2D eigenvalue weighted by Gasteiger charge is 2.21. The van der Waals surface area contributed by atoms with Gasteiger partial charge in [0.25, 0.3) is 5.91 Å². The van der Waals surface area contributed by atoms with Gasteiger partial charge in [0, 0.05) is 18.3 Å². The zero-order valence-electron chi connectivity index (χ0n) is 11.1. The van der Waals surface area contributed by atoms with Crippen LogP contribution in [0.2, 0.25) is 0 Å². The van der Waals surface area contributed by atoms with Crippen molar-refractivity contribution in [2.45, 2.75) is 32.9 Å². The first-order chi connectivity index (χ1) is 8.93. The molecule has 1 amide bonds. The quantitative estimate of drug-likeness (QED) is 0.704. The van der Waals surface area contributed by atoms with Gasteiger partial charge in [-0.3, -0.25) is 9.78 Å². The molecule has 104 valence electrons. The number of carboxylic acid groups (broad SMARTS) is 1. The van der Waals surface area contributed by atoms with E-state index in [1.54, 1.807) is 6.07 Å². The number of rotatable bonds is 6. The summed E-state index contributed by atoms with van der Waals surface area (Å²) in [6.45, 7) is 4.04. The number of amides is 1. The third-order valence-electron chi connectivity index (χ3n) is 2.60. The molecule has 19 heavy (non-hydrogen) atoms. The zero-order valence-corrected chi connectivity index (χ0v) is 11.1. The molecule has 1 rings (SSSR count). The van der Waals surface area contributed by atoms with Crippen LogP contribution in [0, 0.1) is 5.92 Å². The minimum Gasteiger partial charge on any atom is -0.480 e. The Morgan fingerprint density at radius 3 is 2.68 bits per heavy atom. The number of hydrogen-bond donors (Lipinski definition) is 3. The molecule has 0 spiro atoms. The van der Waals surface area contributed by atoms with Crippen molar-refractivity contribution in [2.75, 3.05) is 0 Å². The van der Waals surface area contributed by atoms with Gasteiger partial charge in [-0.25, -0.2) is 4.79 Å². The molecule has 0 aliphatic carbocycles. The van der Waals surface area contributed by atoms with E-state index in [0.717, 1.165) is 0 Å². The summed E-state index contributed by atoms with van der Waals surface area (Å²) in [4.78, 5) is 27.0. The van der Waals surface area contributed by atoms with Crippen LogP contribution in [0.3, 0.4) is 0 Å². The largest absolute Gasteiger partial charge is 0.480 e. The molecular formula is C13H19N3O3. The predicted octanol–water partition coefficient (Wildman–Crippen LogP) is 0.769. The van der Waals surface area contributed by atoms with E-state index in [2.05, 4.69) is 10.3 Å². The smallest absolute Gasteiger partial charge is 0.326 e. The third kappa shape index (κ3) is 4.67. The second-order valence-electron chi connectivity index (χ2n) is 4.73. The molecule has 6 heteroatoms. The van der Waals surface area contributed by atoms with Crippen molar-refractivity contribution in [2.24, 2.45) is 11.7 Å². The van der Waals surface area contributed by atoms with E-state index < -0.39 is 17.9 Å². The standard InChI is InChI=1S/C13H19N3O3/c1-8(2)5-11(13(18)19)16-12(17)9-3-4-15-10(6-9)7-14/h3-4,6,8,11H,5,7,14H2,1-2H3,(H,16,17)(H,18,19)/t11-/m0/s1. The maximum atomic E-state index is 12.0. The van der Waals surface area contributed by atoms with Crippen LogP contribution in [0.25, 0.3) is 0 Å². The molecule has 0 saturated heterocycles. The van der Waals surface area contributed by atoms with Gasteiger partial charge in [0.2, 0.25) is 0 Å². The summed E-state index contributed by atoms with van der Waals surface area (Å²) in [5, 5.41) is 11.6. The van der Waals surface area contributed by atoms with Crippen LogP contribution < -0.4 is 11.1 Å². The lowest BCUT2D eigenvalue weighted by Crippen LogP contribution is -2.41. The highest BCUT2D eigenvalue weighted by atomic mass is 16.4. The summed E-state index contributed by atoms with van der Waals surface area (Å²) in [5.74, 6) is -1.28. The SMILES string of the molecule is CC(C)C[C@H](NC(=O)c1ccnc(CN)c1)C(=O)O. The van der Waals surface area contributed by atoms with Crippen molar-refractivity contribution in [1.29, 1.82) is 0 Å². The lowest BCUT2D eigenvalue weighted by molar-refractivity contribution is -0.139. The van der Waals surface area contributed by atoms with Crippen molar-refractivity contribution in [3.05, 3.63) is 29.6 Å². The van der Waals surface area contributed by atoms with Gasteiger partial charge in [-0.2, -0.15) is 0 Å². The maximum absolute atomic E-state index is 12.0. The Labute approximate surface area is 112 Å². The number of carbonyl (C=O) groups is 2. The summed E-state index contributed by atoms with van der Waals surface area (Å²) >= 11 is 0. The predicted molar refractivity (Wildman–Crippen MR) is 70.5 cm³/mol. The van der Waals surface area contributed by atoms with Crippen LogP contribution >= 0.6 is 0 Å². The topological polar surface area (TPSA) is 105 Å². The van der Waals surface area contributed by atoms with E-state index in [1.807, 2.05) is 13.8 Å². The summed E-state index contributed by atoms with van der Waals surface area (Å²) < 4.78 is 0. The molecule has 0 unspecified atom stereocenters. The number of nitrogens with zero attached hydrogens (tertiary/aromatic N) is 1. The minimum atomic E-state index is -1.03. The van der Waals surface area contributed by atoms with E-state index in [9.17, 15) is 9.59 Å². The van der Waals surface area contributed by atoms with Gasteiger partial charge in [-0.05, 0) is 24.5 Å². The number of nitrogens with two attached hydrogens (primary N) is 1. The van der Waals surface area contributed by atoms with Crippen molar-refractivity contribution in [3.63, 3.8) is 0 Å². The molecule has 6 nitrogen and oxygen atoms in total. The van der Waals surface area contributed by atoms with Crippen molar-refractivity contribution in [1.82, 2.24) is 10.3 Å². The van der Waals surface area contributed by atoms with Crippen LogP contribution in [0.15, 0.2) is 18.3 Å². The lowest BCUT2D eigenvalue weighted by atomic mass is 10.0. The van der Waals surface area contributed by atoms with Crippen molar-refractivity contribution < 1.29 is 14.7 Å². The van der Waals surface area contributed by atoms with Gasteiger partial charge >= 0.3 is 5.97 Å². The highest BCUT2D eigenvalue weighted by molar-refractivity contribution is 5.96. The average molecular weight is 265 g/mol. The van der Waals surface area contributed by atoms with Crippen LogP contribution in [0.4, 0.5) is 0 Å². The molecule has 0 saturated carbocycles. The Hall–Kier alpha value is -1.95. The molecule has 0 aromatic carbocycles. The van der Waals surface area contributed by atoms with Crippen LogP contribution in [0.5, 0.6) is 0 Å². The lowest BCUT2D eigenvalue weighted by Gasteiger charge is -2.16. The van der Waals surface area contributed by atoms with Gasteiger partial charge in [0.1, 0.15) is 6.04 Å². The molecule has 4 N–H and O–H groups in total. The van der Waals surface area contributed by atoms with E-state index >= 15 is 0 Å². The van der Waals surface area contributed by atoms with Crippen LogP contribution in [-0.2, 0) is 11.3 Å². The fourth-order valence-corrected chi connectivity index (χ4v) is 1.67. The minimum absolute atomic E-state index is 0.179. The number of carboxylic acids is 1. The first kappa shape index (κ1) is 15.1. The molecule has 1 heterocycles. The Bertz CT molecular complexity index is 460. The highest BCUT2D eigenvalue weighted by Crippen LogP contribution is 2.07. The number of nitrogens with one attached hydrogen (secondary N) is 1. The van der Waals surface area contributed by atoms with E-state index in [0.29, 0.717) is 17.7 Å². The molecule has 1 atom stereocenters. The van der Waals surface area contributed by atoms with Crippen LogP contribution in [0.1, 0.15) is 36.3 Å². The molecule has 1 aromatic heterocycles. The fourth-order valence-electron chi connectivity index (χ4n) is 1.67. The summed E-state index contributed by atoms with van der Waals surface area (Å²) in [5.41, 5.74) is 6.40. The first-order valence-electron chi connectivity index (χ1n) is 6.12. The van der Waals surface area contributed by atoms with Crippen molar-refractivity contribution >= 4 is 11.9 Å². The Morgan fingerprint density at radius 2 is 2.16 bits per heavy atom. The van der Waals surface area contributed by atoms with Crippen molar-refractivity contribution in [3.8, 4) is 0 Å². The van der Waals surface area contributed by atoms with Gasteiger partial charge in [0.05, 0.1) is 5.69 Å². The number of hydrogen-bond acceptors (Lipinski definition) is 4. The van der Waals surface area contributed by atoms with E-state index in [4.69, 9.17) is 10.8 Å². The summed E-state index contributed by atoms with van der Waals surface area (Å²) in [6, 6.07) is 2.20. The number of aromatic nitrogens is 1. The summed E-state index contributed by atoms with van der Waals surface area (Å²) in [7, 11) is 0. The monoisotopic (exact) mass is 265 g/mol. The molecule has 0 radical (unpaired) electrons. The maximum Gasteiger partial charge on any atom is 0.326 e. The zero-order chi connectivity index (χ0) is 14.4. The average Bonchev–Trinajstić information content (AvgIpc) is 2.37. The van der Waals surface area contributed by atoms with Gasteiger partial charge in [-0.15, -0.1) is 0 Å². The van der Waals surface area contributed by atoms with Gasteiger partial charge in [0.15, 0.2) is 0 Å². The normalized spacial score (nSPS) is 12.2. The second-order valence-corrected chi connectivity index (χ2v) is 4.73.